The van der Waals surface area contributed by atoms with Gasteiger partial charge in [-0.1, -0.05) is 54.1 Å². The quantitative estimate of drug-likeness (QED) is 0.416. The number of halogens is 1. The van der Waals surface area contributed by atoms with Crippen molar-refractivity contribution in [3.63, 3.8) is 0 Å². The van der Waals surface area contributed by atoms with E-state index < -0.39 is 0 Å². The summed E-state index contributed by atoms with van der Waals surface area (Å²) in [4.78, 5) is 13.1. The van der Waals surface area contributed by atoms with E-state index in [0.29, 0.717) is 22.1 Å². The fourth-order valence-corrected chi connectivity index (χ4v) is 5.43. The minimum absolute atomic E-state index is 0.0526. The Labute approximate surface area is 207 Å². The number of rotatable bonds is 6. The number of ether oxygens (including phenoxy) is 1. The van der Waals surface area contributed by atoms with Gasteiger partial charge >= 0.3 is 0 Å². The van der Waals surface area contributed by atoms with Crippen molar-refractivity contribution in [1.82, 2.24) is 10.6 Å². The zero-order valence-electron chi connectivity index (χ0n) is 20.3. The highest BCUT2D eigenvalue weighted by molar-refractivity contribution is 6.32. The van der Waals surface area contributed by atoms with Gasteiger partial charge in [-0.3, -0.25) is 4.79 Å². The molecule has 4 nitrogen and oxygen atoms in total. The van der Waals surface area contributed by atoms with Crippen LogP contribution in [0.15, 0.2) is 72.8 Å². The summed E-state index contributed by atoms with van der Waals surface area (Å²) in [5.74, 6) is 1.11. The lowest BCUT2D eigenvalue weighted by Crippen LogP contribution is -2.64. The van der Waals surface area contributed by atoms with E-state index in [1.165, 1.54) is 11.1 Å². The second-order valence-electron chi connectivity index (χ2n) is 10.3. The largest absolute Gasteiger partial charge is 0.456 e. The van der Waals surface area contributed by atoms with E-state index in [9.17, 15) is 4.79 Å². The summed E-state index contributed by atoms with van der Waals surface area (Å²) < 4.78 is 5.84. The summed E-state index contributed by atoms with van der Waals surface area (Å²) in [7, 11) is 0. The van der Waals surface area contributed by atoms with Crippen molar-refractivity contribution in [2.45, 2.75) is 64.1 Å². The standard InChI is InChI=1S/C29H33ClN2O2/c1-20-10-8-9-11-22(20)17-29(4)19-23(18-28(2,3)32-29)31-27(33)21-14-15-26(25(30)16-21)34-24-12-6-5-7-13-24/h5-16,23,32H,17-19H2,1-4H3,(H,31,33). The molecule has 0 bridgehead atoms. The summed E-state index contributed by atoms with van der Waals surface area (Å²) in [5.41, 5.74) is 2.93. The minimum atomic E-state index is -0.128. The van der Waals surface area contributed by atoms with Crippen LogP contribution in [0.3, 0.4) is 0 Å². The normalized spacial score (nSPS) is 21.6. The van der Waals surface area contributed by atoms with Gasteiger partial charge in [-0.2, -0.15) is 0 Å². The van der Waals surface area contributed by atoms with Gasteiger partial charge in [0, 0.05) is 22.7 Å². The Morgan fingerprint density at radius 2 is 1.74 bits per heavy atom. The van der Waals surface area contributed by atoms with Crippen molar-refractivity contribution in [2.24, 2.45) is 0 Å². The maximum Gasteiger partial charge on any atom is 0.251 e. The predicted molar refractivity (Wildman–Crippen MR) is 139 cm³/mol. The van der Waals surface area contributed by atoms with Crippen LogP contribution < -0.4 is 15.4 Å². The van der Waals surface area contributed by atoms with E-state index >= 15 is 0 Å². The second kappa shape index (κ2) is 9.81. The summed E-state index contributed by atoms with van der Waals surface area (Å²) >= 11 is 6.45. The molecule has 0 radical (unpaired) electrons. The summed E-state index contributed by atoms with van der Waals surface area (Å²) in [5, 5.41) is 7.51. The molecule has 1 fully saturated rings. The van der Waals surface area contributed by atoms with Gasteiger partial charge < -0.3 is 15.4 Å². The lowest BCUT2D eigenvalue weighted by atomic mass is 9.75. The van der Waals surface area contributed by atoms with Gasteiger partial charge in [0.1, 0.15) is 11.5 Å². The zero-order valence-corrected chi connectivity index (χ0v) is 21.1. The monoisotopic (exact) mass is 476 g/mol. The first kappa shape index (κ1) is 24.3. The molecule has 0 aromatic heterocycles. The Hall–Kier alpha value is -2.82. The first-order valence-electron chi connectivity index (χ1n) is 11.8. The Morgan fingerprint density at radius 3 is 2.44 bits per heavy atom. The molecular weight excluding hydrogens is 444 g/mol. The number of para-hydroxylation sites is 1. The number of benzene rings is 3. The number of amides is 1. The van der Waals surface area contributed by atoms with E-state index in [1.54, 1.807) is 18.2 Å². The first-order chi connectivity index (χ1) is 16.1. The van der Waals surface area contributed by atoms with Crippen molar-refractivity contribution in [3.05, 3.63) is 94.5 Å². The Balaban J connectivity index is 1.46. The van der Waals surface area contributed by atoms with Crippen LogP contribution in [0.4, 0.5) is 0 Å². The average Bonchev–Trinajstić information content (AvgIpc) is 2.76. The van der Waals surface area contributed by atoms with Gasteiger partial charge in [0.05, 0.1) is 5.02 Å². The van der Waals surface area contributed by atoms with Crippen molar-refractivity contribution >= 4 is 17.5 Å². The maximum absolute atomic E-state index is 13.1. The van der Waals surface area contributed by atoms with Gasteiger partial charge in [-0.05, 0) is 88.4 Å². The SMILES string of the molecule is Cc1ccccc1CC1(C)CC(NC(=O)c2ccc(Oc3ccccc3)c(Cl)c2)CC(C)(C)N1. The van der Waals surface area contributed by atoms with Crippen LogP contribution in [0, 0.1) is 6.92 Å². The Kier molecular flexibility index (Phi) is 7.01. The summed E-state index contributed by atoms with van der Waals surface area (Å²) in [6.45, 7) is 8.81. The highest BCUT2D eigenvalue weighted by Crippen LogP contribution is 2.33. The molecule has 3 aromatic carbocycles. The van der Waals surface area contributed by atoms with Crippen LogP contribution >= 0.6 is 11.6 Å². The molecule has 3 aromatic rings. The van der Waals surface area contributed by atoms with Gasteiger partial charge in [-0.25, -0.2) is 0 Å². The van der Waals surface area contributed by atoms with Crippen molar-refractivity contribution < 1.29 is 9.53 Å². The van der Waals surface area contributed by atoms with Crippen molar-refractivity contribution in [2.75, 3.05) is 0 Å². The molecule has 1 amide bonds. The molecule has 1 aliphatic heterocycles. The van der Waals surface area contributed by atoms with Crippen LogP contribution in [0.25, 0.3) is 0 Å². The first-order valence-corrected chi connectivity index (χ1v) is 12.2. The molecule has 2 unspecified atom stereocenters. The van der Waals surface area contributed by atoms with Crippen molar-refractivity contribution in [1.29, 1.82) is 0 Å². The molecule has 5 heteroatoms. The van der Waals surface area contributed by atoms with Gasteiger partial charge in [0.2, 0.25) is 0 Å². The molecule has 2 atom stereocenters. The van der Waals surface area contributed by atoms with Crippen LogP contribution in [-0.4, -0.2) is 23.0 Å². The van der Waals surface area contributed by atoms with Gasteiger partial charge in [0.15, 0.2) is 0 Å². The number of aryl methyl sites for hydroxylation is 1. The van der Waals surface area contributed by atoms with Gasteiger partial charge in [-0.15, -0.1) is 0 Å². The highest BCUT2D eigenvalue weighted by atomic mass is 35.5. The summed E-state index contributed by atoms with van der Waals surface area (Å²) in [6, 6.07) is 23.2. The van der Waals surface area contributed by atoms with E-state index in [1.807, 2.05) is 30.3 Å². The molecule has 4 rings (SSSR count). The average molecular weight is 477 g/mol. The molecule has 0 spiro atoms. The van der Waals surface area contributed by atoms with E-state index in [2.05, 4.69) is 62.6 Å². The fraction of sp³-hybridized carbons (Fsp3) is 0.345. The smallest absolute Gasteiger partial charge is 0.251 e. The van der Waals surface area contributed by atoms with E-state index in [0.717, 1.165) is 19.3 Å². The third-order valence-electron chi connectivity index (χ3n) is 6.44. The molecule has 0 saturated carbocycles. The number of hydrogen-bond donors (Lipinski definition) is 2. The number of piperidine rings is 1. The second-order valence-corrected chi connectivity index (χ2v) is 10.7. The maximum atomic E-state index is 13.1. The van der Waals surface area contributed by atoms with E-state index in [-0.39, 0.29) is 23.0 Å². The topological polar surface area (TPSA) is 50.4 Å². The highest BCUT2D eigenvalue weighted by Gasteiger charge is 2.41. The van der Waals surface area contributed by atoms with Crippen molar-refractivity contribution in [3.8, 4) is 11.5 Å². The molecular formula is C29H33ClN2O2. The lowest BCUT2D eigenvalue weighted by molar-refractivity contribution is 0.0858. The van der Waals surface area contributed by atoms with Gasteiger partial charge in [0.25, 0.3) is 5.91 Å². The number of hydrogen-bond acceptors (Lipinski definition) is 3. The molecule has 2 N–H and O–H groups in total. The van der Waals surface area contributed by atoms with Crippen LogP contribution in [0.5, 0.6) is 11.5 Å². The predicted octanol–water partition coefficient (Wildman–Crippen LogP) is 6.70. The molecule has 1 heterocycles. The fourth-order valence-electron chi connectivity index (χ4n) is 5.21. The third kappa shape index (κ3) is 5.99. The number of carbonyl (C=O) groups is 1. The number of carbonyl (C=O) groups excluding carboxylic acids is 1. The molecule has 34 heavy (non-hydrogen) atoms. The molecule has 1 aliphatic rings. The minimum Gasteiger partial charge on any atom is -0.456 e. The molecule has 178 valence electrons. The number of nitrogens with one attached hydrogen (secondary N) is 2. The zero-order chi connectivity index (χ0) is 24.3. The lowest BCUT2D eigenvalue weighted by Gasteiger charge is -2.48. The molecule has 0 aliphatic carbocycles. The van der Waals surface area contributed by atoms with Crippen LogP contribution in [-0.2, 0) is 6.42 Å². The Bertz CT molecular complexity index is 1160. The summed E-state index contributed by atoms with van der Waals surface area (Å²) in [6.07, 6.45) is 2.61. The third-order valence-corrected chi connectivity index (χ3v) is 6.73. The van der Waals surface area contributed by atoms with E-state index in [4.69, 9.17) is 16.3 Å². The van der Waals surface area contributed by atoms with Crippen LogP contribution in [0.1, 0.15) is 55.1 Å². The Morgan fingerprint density at radius 1 is 1.03 bits per heavy atom. The van der Waals surface area contributed by atoms with Crippen LogP contribution in [0.2, 0.25) is 5.02 Å². The molecule has 1 saturated heterocycles.